The third-order valence-corrected chi connectivity index (χ3v) is 4.47. The summed E-state index contributed by atoms with van der Waals surface area (Å²) in [5, 5.41) is 3.36. The molecule has 0 unspecified atom stereocenters. The molecule has 0 bridgehead atoms. The molecule has 0 radical (unpaired) electrons. The van der Waals surface area contributed by atoms with Crippen LogP contribution in [-0.2, 0) is 0 Å². The molecule has 4 nitrogen and oxygen atoms in total. The fourth-order valence-corrected chi connectivity index (χ4v) is 3.20. The Labute approximate surface area is 141 Å². The van der Waals surface area contributed by atoms with Crippen LogP contribution in [0.4, 0.5) is 5.82 Å². The summed E-state index contributed by atoms with van der Waals surface area (Å²) >= 11 is 5.77. The number of hydrogen-bond acceptors (Lipinski definition) is 4. The van der Waals surface area contributed by atoms with Crippen LogP contribution in [-0.4, -0.2) is 16.5 Å². The van der Waals surface area contributed by atoms with Crippen LogP contribution in [0.1, 0.15) is 38.8 Å². The largest absolute Gasteiger partial charge is 0.460 e. The van der Waals surface area contributed by atoms with Crippen LogP contribution in [0.15, 0.2) is 21.2 Å². The van der Waals surface area contributed by atoms with Crippen LogP contribution >= 0.6 is 38.5 Å². The summed E-state index contributed by atoms with van der Waals surface area (Å²) in [6, 6.07) is 1.85. The van der Waals surface area contributed by atoms with E-state index in [0.717, 1.165) is 32.5 Å². The molecule has 0 aliphatic rings. The number of furan rings is 1. The van der Waals surface area contributed by atoms with Gasteiger partial charge in [0.15, 0.2) is 11.6 Å². The predicted octanol–water partition coefficient (Wildman–Crippen LogP) is 5.05. The zero-order chi connectivity index (χ0) is 14.7. The Morgan fingerprint density at radius 1 is 1.40 bits per heavy atom. The van der Waals surface area contributed by atoms with E-state index in [4.69, 9.17) is 4.42 Å². The fourth-order valence-electron chi connectivity index (χ4n) is 1.76. The van der Waals surface area contributed by atoms with E-state index in [0.29, 0.717) is 17.5 Å². The summed E-state index contributed by atoms with van der Waals surface area (Å²) in [4.78, 5) is 9.26. The highest BCUT2D eigenvalue weighted by Gasteiger charge is 2.18. The van der Waals surface area contributed by atoms with E-state index in [-0.39, 0.29) is 0 Å². The van der Waals surface area contributed by atoms with Crippen LogP contribution in [0.25, 0.3) is 11.6 Å². The van der Waals surface area contributed by atoms with E-state index in [9.17, 15) is 0 Å². The smallest absolute Gasteiger partial charge is 0.199 e. The average Bonchev–Trinajstić information content (AvgIpc) is 2.83. The molecule has 0 saturated heterocycles. The minimum absolute atomic E-state index is 0.333. The van der Waals surface area contributed by atoms with E-state index in [2.05, 4.69) is 74.6 Å². The molecule has 0 aliphatic carbocycles. The Balaban J connectivity index is 2.53. The maximum atomic E-state index is 5.48. The number of hydrogen-bond donors (Lipinski definition) is 1. The van der Waals surface area contributed by atoms with Gasteiger partial charge in [0.25, 0.3) is 0 Å². The zero-order valence-electron chi connectivity index (χ0n) is 11.7. The number of nitrogens with zero attached hydrogens (tertiary/aromatic N) is 2. The minimum atomic E-state index is 0.333. The van der Waals surface area contributed by atoms with Crippen molar-refractivity contribution in [1.29, 1.82) is 0 Å². The highest BCUT2D eigenvalue weighted by Crippen LogP contribution is 2.32. The minimum Gasteiger partial charge on any atom is -0.460 e. The molecule has 6 heteroatoms. The molecule has 20 heavy (non-hydrogen) atoms. The maximum absolute atomic E-state index is 5.48. The van der Waals surface area contributed by atoms with Crippen LogP contribution in [0.5, 0.6) is 0 Å². The quantitative estimate of drug-likeness (QED) is 0.649. The van der Waals surface area contributed by atoms with Crippen molar-refractivity contribution in [3.05, 3.63) is 26.1 Å². The first-order valence-corrected chi connectivity index (χ1v) is 8.46. The molecule has 1 N–H and O–H groups in total. The third-order valence-electron chi connectivity index (χ3n) is 2.79. The van der Waals surface area contributed by atoms with Crippen LogP contribution in [0, 0.1) is 3.57 Å². The van der Waals surface area contributed by atoms with Gasteiger partial charge in [-0.05, 0) is 56.9 Å². The first-order chi connectivity index (χ1) is 9.54. The molecule has 2 aromatic heterocycles. The summed E-state index contributed by atoms with van der Waals surface area (Å²) in [7, 11) is 0. The first kappa shape index (κ1) is 15.8. The van der Waals surface area contributed by atoms with E-state index in [1.807, 2.05) is 6.07 Å². The standard InChI is InChI=1S/C14H17BrIN3O/c1-4-6-17-13-10(16)11(8(2)3)18-14(19-13)12-9(15)5-7-20-12/h5,7-8H,4,6H2,1-3H3,(H,17,18,19). The molecule has 0 aliphatic heterocycles. The SMILES string of the molecule is CCCNc1nc(-c2occc2Br)nc(C(C)C)c1I. The lowest BCUT2D eigenvalue weighted by molar-refractivity contribution is 0.575. The predicted molar refractivity (Wildman–Crippen MR) is 93.0 cm³/mol. The van der Waals surface area contributed by atoms with Crippen LogP contribution in [0.2, 0.25) is 0 Å². The summed E-state index contributed by atoms with van der Waals surface area (Å²) in [5.74, 6) is 2.50. The van der Waals surface area contributed by atoms with Crippen molar-refractivity contribution in [2.75, 3.05) is 11.9 Å². The molecule has 2 heterocycles. The summed E-state index contributed by atoms with van der Waals surface area (Å²) in [6.45, 7) is 7.29. The maximum Gasteiger partial charge on any atom is 0.199 e. The Hall–Kier alpha value is -0.630. The van der Waals surface area contributed by atoms with E-state index >= 15 is 0 Å². The van der Waals surface area contributed by atoms with Crippen molar-refractivity contribution < 1.29 is 4.42 Å². The summed E-state index contributed by atoms with van der Waals surface area (Å²) in [6.07, 6.45) is 2.69. The van der Waals surface area contributed by atoms with Gasteiger partial charge in [-0.1, -0.05) is 20.8 Å². The van der Waals surface area contributed by atoms with Crippen molar-refractivity contribution in [2.45, 2.75) is 33.1 Å². The van der Waals surface area contributed by atoms with Gasteiger partial charge in [0.05, 0.1) is 20.0 Å². The van der Waals surface area contributed by atoms with Crippen LogP contribution in [0.3, 0.4) is 0 Å². The number of nitrogens with one attached hydrogen (secondary N) is 1. The molecule has 2 rings (SSSR count). The highest BCUT2D eigenvalue weighted by molar-refractivity contribution is 14.1. The lowest BCUT2D eigenvalue weighted by atomic mass is 10.1. The van der Waals surface area contributed by atoms with Gasteiger partial charge in [0.1, 0.15) is 5.82 Å². The molecule has 0 atom stereocenters. The van der Waals surface area contributed by atoms with Crippen molar-refractivity contribution in [1.82, 2.24) is 9.97 Å². The summed E-state index contributed by atoms with van der Waals surface area (Å²) in [5.41, 5.74) is 1.04. The Kier molecular flexibility index (Phi) is 5.42. The second kappa shape index (κ2) is 6.89. The topological polar surface area (TPSA) is 51.0 Å². The normalized spacial score (nSPS) is 11.1. The summed E-state index contributed by atoms with van der Waals surface area (Å²) < 4.78 is 7.43. The number of anilines is 1. The lowest BCUT2D eigenvalue weighted by Gasteiger charge is -2.14. The van der Waals surface area contributed by atoms with Gasteiger partial charge < -0.3 is 9.73 Å². The number of aromatic nitrogens is 2. The Morgan fingerprint density at radius 2 is 2.15 bits per heavy atom. The molecule has 0 fully saturated rings. The van der Waals surface area contributed by atoms with E-state index in [1.54, 1.807) is 6.26 Å². The molecule has 108 valence electrons. The molecule has 0 amide bonds. The van der Waals surface area contributed by atoms with Crippen LogP contribution < -0.4 is 5.32 Å². The number of halogens is 2. The van der Waals surface area contributed by atoms with Gasteiger partial charge in [-0.2, -0.15) is 0 Å². The molecule has 2 aromatic rings. The van der Waals surface area contributed by atoms with Crippen molar-refractivity contribution in [3.63, 3.8) is 0 Å². The Morgan fingerprint density at radius 3 is 2.70 bits per heavy atom. The molecular formula is C14H17BrIN3O. The van der Waals surface area contributed by atoms with E-state index in [1.165, 1.54) is 0 Å². The lowest BCUT2D eigenvalue weighted by Crippen LogP contribution is -2.10. The molecule has 0 saturated carbocycles. The van der Waals surface area contributed by atoms with Gasteiger partial charge in [0.2, 0.25) is 0 Å². The first-order valence-electron chi connectivity index (χ1n) is 6.59. The van der Waals surface area contributed by atoms with Crippen molar-refractivity contribution in [2.24, 2.45) is 0 Å². The molecule has 0 spiro atoms. The third kappa shape index (κ3) is 3.33. The van der Waals surface area contributed by atoms with Crippen molar-refractivity contribution in [3.8, 4) is 11.6 Å². The average molecular weight is 450 g/mol. The highest BCUT2D eigenvalue weighted by atomic mass is 127. The van der Waals surface area contributed by atoms with Gasteiger partial charge in [-0.3, -0.25) is 0 Å². The molecular weight excluding hydrogens is 433 g/mol. The van der Waals surface area contributed by atoms with Gasteiger partial charge in [-0.15, -0.1) is 0 Å². The second-order valence-corrected chi connectivity index (χ2v) is 6.71. The number of rotatable bonds is 5. The Bertz CT molecular complexity index is 598. The fraction of sp³-hybridized carbons (Fsp3) is 0.429. The van der Waals surface area contributed by atoms with Gasteiger partial charge in [-0.25, -0.2) is 9.97 Å². The van der Waals surface area contributed by atoms with Gasteiger partial charge in [0, 0.05) is 6.54 Å². The van der Waals surface area contributed by atoms with E-state index < -0.39 is 0 Å². The second-order valence-electron chi connectivity index (χ2n) is 4.77. The zero-order valence-corrected chi connectivity index (χ0v) is 15.4. The monoisotopic (exact) mass is 449 g/mol. The van der Waals surface area contributed by atoms with Gasteiger partial charge >= 0.3 is 0 Å². The van der Waals surface area contributed by atoms with Crippen molar-refractivity contribution >= 4 is 44.3 Å². The molecule has 0 aromatic carbocycles.